The average molecular weight is 309 g/mol. The second-order valence-corrected chi connectivity index (χ2v) is 4.25. The van der Waals surface area contributed by atoms with Gasteiger partial charge < -0.3 is 15.7 Å². The third kappa shape index (κ3) is 3.16. The van der Waals surface area contributed by atoms with E-state index in [-0.39, 0.29) is 11.4 Å². The van der Waals surface area contributed by atoms with E-state index in [1.807, 2.05) is 10.6 Å². The van der Waals surface area contributed by atoms with E-state index >= 15 is 0 Å². The van der Waals surface area contributed by atoms with Crippen molar-refractivity contribution in [2.75, 3.05) is 5.32 Å². The van der Waals surface area contributed by atoms with Crippen LogP contribution in [-0.4, -0.2) is 45.3 Å². The maximum atomic E-state index is 12.0. The number of hydroxylamine groups is 1. The second kappa shape index (κ2) is 6.15. The number of rotatable bonds is 3. The van der Waals surface area contributed by atoms with Crippen molar-refractivity contribution in [1.82, 2.24) is 21.1 Å². The predicted octanol–water partition coefficient (Wildman–Crippen LogP) is -2.09. The zero-order valence-corrected chi connectivity index (χ0v) is 10.9. The highest BCUT2D eigenvalue weighted by Gasteiger charge is 2.39. The Kier molecular flexibility index (Phi) is 4.29. The van der Waals surface area contributed by atoms with Gasteiger partial charge in [-0.3, -0.25) is 29.9 Å². The van der Waals surface area contributed by atoms with E-state index in [2.05, 4.69) is 10.3 Å². The molecule has 1 aromatic heterocycles. The number of urea groups is 1. The van der Waals surface area contributed by atoms with Crippen molar-refractivity contribution >= 4 is 29.4 Å². The SMILES string of the molecule is O=C1NC(=O)C(C(=O)Nc2ccnc(C(=O)NO)c2)C(O)N1. The highest BCUT2D eigenvalue weighted by atomic mass is 16.5. The number of hydrogen-bond acceptors (Lipinski definition) is 7. The second-order valence-electron chi connectivity index (χ2n) is 4.25. The Bertz CT molecular complexity index is 648. The van der Waals surface area contributed by atoms with Gasteiger partial charge >= 0.3 is 6.03 Å². The largest absolute Gasteiger partial charge is 0.372 e. The molecule has 1 aromatic rings. The zero-order chi connectivity index (χ0) is 16.3. The van der Waals surface area contributed by atoms with E-state index in [0.29, 0.717) is 0 Å². The molecule has 116 valence electrons. The normalized spacial score (nSPS) is 20.6. The van der Waals surface area contributed by atoms with Crippen LogP contribution in [0.2, 0.25) is 0 Å². The molecule has 11 heteroatoms. The highest BCUT2D eigenvalue weighted by Crippen LogP contribution is 2.13. The van der Waals surface area contributed by atoms with E-state index in [4.69, 9.17) is 5.21 Å². The summed E-state index contributed by atoms with van der Waals surface area (Å²) in [5, 5.41) is 24.2. The van der Waals surface area contributed by atoms with Crippen LogP contribution in [0.1, 0.15) is 10.5 Å². The Morgan fingerprint density at radius 3 is 2.68 bits per heavy atom. The number of aliphatic hydroxyl groups excluding tert-OH is 1. The van der Waals surface area contributed by atoms with Crippen LogP contribution in [0.15, 0.2) is 18.3 Å². The van der Waals surface area contributed by atoms with Gasteiger partial charge in [0.05, 0.1) is 0 Å². The van der Waals surface area contributed by atoms with E-state index < -0.39 is 35.9 Å². The molecule has 6 N–H and O–H groups in total. The van der Waals surface area contributed by atoms with E-state index in [1.165, 1.54) is 17.7 Å². The molecule has 1 aliphatic heterocycles. The Hall–Kier alpha value is -3.05. The molecule has 0 aliphatic carbocycles. The van der Waals surface area contributed by atoms with Crippen molar-refractivity contribution in [3.8, 4) is 0 Å². The molecular formula is C11H11N5O6. The number of aromatic nitrogens is 1. The smallest absolute Gasteiger partial charge is 0.323 e. The standard InChI is InChI=1S/C11H11N5O6/c17-7(16-22)5-3-4(1-2-12-5)13-8(18)6-9(19)14-11(21)15-10(6)20/h1-3,6,9,19,22H,(H,16,17)(H,12,13,18)(H2,14,15,20,21). The molecule has 1 aliphatic rings. The summed E-state index contributed by atoms with van der Waals surface area (Å²) in [6.45, 7) is 0. The molecule has 0 saturated carbocycles. The van der Waals surface area contributed by atoms with Crippen LogP contribution >= 0.6 is 0 Å². The van der Waals surface area contributed by atoms with Gasteiger partial charge in [-0.1, -0.05) is 0 Å². The van der Waals surface area contributed by atoms with Crippen LogP contribution in [0.5, 0.6) is 0 Å². The van der Waals surface area contributed by atoms with Gasteiger partial charge in [0.1, 0.15) is 11.9 Å². The van der Waals surface area contributed by atoms with Gasteiger partial charge in [0.15, 0.2) is 5.92 Å². The zero-order valence-electron chi connectivity index (χ0n) is 10.9. The van der Waals surface area contributed by atoms with Crippen molar-refractivity contribution in [3.05, 3.63) is 24.0 Å². The quantitative estimate of drug-likeness (QED) is 0.211. The molecule has 1 saturated heterocycles. The summed E-state index contributed by atoms with van der Waals surface area (Å²) >= 11 is 0. The number of carbonyl (C=O) groups excluding carboxylic acids is 4. The third-order valence-electron chi connectivity index (χ3n) is 2.76. The lowest BCUT2D eigenvalue weighted by molar-refractivity contribution is -0.138. The van der Waals surface area contributed by atoms with Crippen LogP contribution in [0, 0.1) is 5.92 Å². The molecule has 0 radical (unpaired) electrons. The Morgan fingerprint density at radius 1 is 1.32 bits per heavy atom. The molecule has 2 rings (SSSR count). The van der Waals surface area contributed by atoms with Crippen molar-refractivity contribution < 1.29 is 29.5 Å². The van der Waals surface area contributed by atoms with Gasteiger partial charge in [-0.2, -0.15) is 0 Å². The number of nitrogens with zero attached hydrogens (tertiary/aromatic N) is 1. The van der Waals surface area contributed by atoms with Gasteiger partial charge in [0, 0.05) is 11.9 Å². The Morgan fingerprint density at radius 2 is 2.05 bits per heavy atom. The molecule has 11 nitrogen and oxygen atoms in total. The van der Waals surface area contributed by atoms with Gasteiger partial charge in [-0.25, -0.2) is 10.3 Å². The van der Waals surface area contributed by atoms with Gasteiger partial charge in [-0.15, -0.1) is 0 Å². The lowest BCUT2D eigenvalue weighted by Gasteiger charge is -2.26. The van der Waals surface area contributed by atoms with Gasteiger partial charge in [0.2, 0.25) is 11.8 Å². The number of hydrogen-bond donors (Lipinski definition) is 6. The van der Waals surface area contributed by atoms with Crippen LogP contribution in [0.3, 0.4) is 0 Å². The number of carbonyl (C=O) groups is 4. The monoisotopic (exact) mass is 309 g/mol. The first-order chi connectivity index (χ1) is 10.4. The first-order valence-corrected chi connectivity index (χ1v) is 5.93. The van der Waals surface area contributed by atoms with Crippen molar-refractivity contribution in [2.45, 2.75) is 6.23 Å². The van der Waals surface area contributed by atoms with E-state index in [9.17, 15) is 24.3 Å². The van der Waals surface area contributed by atoms with Gasteiger partial charge in [-0.05, 0) is 12.1 Å². The molecule has 5 amide bonds. The summed E-state index contributed by atoms with van der Waals surface area (Å²) < 4.78 is 0. The first-order valence-electron chi connectivity index (χ1n) is 5.93. The molecule has 2 unspecified atom stereocenters. The molecule has 1 fully saturated rings. The van der Waals surface area contributed by atoms with Crippen molar-refractivity contribution in [3.63, 3.8) is 0 Å². The average Bonchev–Trinajstić information content (AvgIpc) is 2.45. The van der Waals surface area contributed by atoms with E-state index in [0.717, 1.165) is 6.07 Å². The fourth-order valence-corrected chi connectivity index (χ4v) is 1.76. The maximum Gasteiger partial charge on any atom is 0.323 e. The molecule has 22 heavy (non-hydrogen) atoms. The summed E-state index contributed by atoms with van der Waals surface area (Å²) in [6, 6.07) is 1.57. The summed E-state index contributed by atoms with van der Waals surface area (Å²) in [5.74, 6) is -4.30. The molecule has 2 heterocycles. The summed E-state index contributed by atoms with van der Waals surface area (Å²) in [6.07, 6.45) is -0.484. The Balaban J connectivity index is 2.13. The van der Waals surface area contributed by atoms with Crippen LogP contribution in [0.25, 0.3) is 0 Å². The number of imide groups is 1. The van der Waals surface area contributed by atoms with E-state index in [1.54, 1.807) is 0 Å². The van der Waals surface area contributed by atoms with Gasteiger partial charge in [0.25, 0.3) is 5.91 Å². The minimum Gasteiger partial charge on any atom is -0.372 e. The summed E-state index contributed by atoms with van der Waals surface area (Å²) in [5.41, 5.74) is 1.31. The predicted molar refractivity (Wildman–Crippen MR) is 68.3 cm³/mol. The number of pyridine rings is 1. The fraction of sp³-hybridized carbons (Fsp3) is 0.182. The van der Waals surface area contributed by atoms with Crippen molar-refractivity contribution in [2.24, 2.45) is 5.92 Å². The molecular weight excluding hydrogens is 298 g/mol. The maximum absolute atomic E-state index is 12.0. The molecule has 2 atom stereocenters. The molecule has 0 aromatic carbocycles. The summed E-state index contributed by atoms with van der Waals surface area (Å²) in [4.78, 5) is 49.4. The molecule has 0 spiro atoms. The lowest BCUT2D eigenvalue weighted by Crippen LogP contribution is -2.61. The van der Waals surface area contributed by atoms with Crippen molar-refractivity contribution in [1.29, 1.82) is 0 Å². The first kappa shape index (κ1) is 15.3. The minimum absolute atomic E-state index is 0.107. The highest BCUT2D eigenvalue weighted by molar-refractivity contribution is 6.12. The lowest BCUT2D eigenvalue weighted by atomic mass is 10.0. The third-order valence-corrected chi connectivity index (χ3v) is 2.76. The van der Waals surface area contributed by atoms with Crippen LogP contribution in [-0.2, 0) is 9.59 Å². The minimum atomic E-state index is -1.68. The number of nitrogens with one attached hydrogen (secondary N) is 4. The molecule has 0 bridgehead atoms. The number of anilines is 1. The van der Waals surface area contributed by atoms with Crippen LogP contribution in [0.4, 0.5) is 10.5 Å². The fourth-order valence-electron chi connectivity index (χ4n) is 1.76. The summed E-state index contributed by atoms with van der Waals surface area (Å²) in [7, 11) is 0. The Labute approximate surface area is 122 Å². The van der Waals surface area contributed by atoms with Crippen LogP contribution < -0.4 is 21.4 Å². The number of amides is 5. The number of aliphatic hydroxyl groups is 1. The topological polar surface area (TPSA) is 170 Å².